The van der Waals surface area contributed by atoms with E-state index in [1.807, 2.05) is 12.1 Å². The first-order valence-corrected chi connectivity index (χ1v) is 7.03. The highest BCUT2D eigenvalue weighted by molar-refractivity contribution is 7.65. The SMILES string of the molecule is Cc1cc(O)ccc1P1CCCCC1. The number of hydrogen-bond donors (Lipinski definition) is 1. The average molecular weight is 208 g/mol. The fourth-order valence-electron chi connectivity index (χ4n) is 2.13. The zero-order valence-electron chi connectivity index (χ0n) is 8.66. The van der Waals surface area contributed by atoms with Crippen LogP contribution in [0.2, 0.25) is 0 Å². The van der Waals surface area contributed by atoms with Crippen molar-refractivity contribution < 1.29 is 5.11 Å². The first kappa shape index (κ1) is 9.98. The minimum absolute atomic E-state index is 0.0888. The van der Waals surface area contributed by atoms with Crippen LogP contribution in [0.3, 0.4) is 0 Å². The third-order valence-electron chi connectivity index (χ3n) is 2.88. The van der Waals surface area contributed by atoms with Gasteiger partial charge in [-0.05, 0) is 55.1 Å². The molecule has 0 amide bonds. The van der Waals surface area contributed by atoms with Crippen LogP contribution in [0.5, 0.6) is 5.75 Å². The number of hydrogen-bond acceptors (Lipinski definition) is 1. The van der Waals surface area contributed by atoms with Crippen molar-refractivity contribution >= 4 is 13.2 Å². The van der Waals surface area contributed by atoms with Crippen LogP contribution in [0.25, 0.3) is 0 Å². The lowest BCUT2D eigenvalue weighted by molar-refractivity contribution is 0.475. The molecule has 0 bridgehead atoms. The van der Waals surface area contributed by atoms with Gasteiger partial charge in [-0.15, -0.1) is 0 Å². The fraction of sp³-hybridized carbons (Fsp3) is 0.500. The molecule has 0 saturated carbocycles. The van der Waals surface area contributed by atoms with Gasteiger partial charge in [0.25, 0.3) is 0 Å². The lowest BCUT2D eigenvalue weighted by atomic mass is 10.2. The second kappa shape index (κ2) is 4.31. The van der Waals surface area contributed by atoms with Gasteiger partial charge in [-0.3, -0.25) is 0 Å². The van der Waals surface area contributed by atoms with E-state index in [9.17, 15) is 5.11 Å². The Kier molecular flexibility index (Phi) is 3.08. The van der Waals surface area contributed by atoms with E-state index in [2.05, 4.69) is 13.0 Å². The maximum Gasteiger partial charge on any atom is 0.115 e. The smallest absolute Gasteiger partial charge is 0.115 e. The van der Waals surface area contributed by atoms with Crippen LogP contribution in [0.15, 0.2) is 18.2 Å². The van der Waals surface area contributed by atoms with Gasteiger partial charge in [0.2, 0.25) is 0 Å². The van der Waals surface area contributed by atoms with E-state index in [0.717, 1.165) is 0 Å². The molecule has 0 radical (unpaired) electrons. The summed E-state index contributed by atoms with van der Waals surface area (Å²) in [6.07, 6.45) is 6.98. The van der Waals surface area contributed by atoms with E-state index in [4.69, 9.17) is 0 Å². The molecule has 0 aliphatic carbocycles. The van der Waals surface area contributed by atoms with Crippen LogP contribution in [0.1, 0.15) is 24.8 Å². The molecule has 0 aromatic heterocycles. The zero-order chi connectivity index (χ0) is 9.97. The van der Waals surface area contributed by atoms with Gasteiger partial charge in [0.15, 0.2) is 0 Å². The third-order valence-corrected chi connectivity index (χ3v) is 5.77. The Hall–Kier alpha value is -0.550. The van der Waals surface area contributed by atoms with E-state index < -0.39 is 0 Å². The number of benzene rings is 1. The average Bonchev–Trinajstić information content (AvgIpc) is 2.19. The monoisotopic (exact) mass is 208 g/mol. The van der Waals surface area contributed by atoms with Crippen molar-refractivity contribution in [2.45, 2.75) is 26.2 Å². The molecule has 0 unspecified atom stereocenters. The molecule has 1 saturated heterocycles. The minimum atomic E-state index is 0.0888. The summed E-state index contributed by atoms with van der Waals surface area (Å²) in [7, 11) is 0.0888. The fourth-order valence-corrected chi connectivity index (χ4v) is 4.89. The van der Waals surface area contributed by atoms with Crippen molar-refractivity contribution in [3.8, 4) is 5.75 Å². The van der Waals surface area contributed by atoms with E-state index in [1.165, 1.54) is 42.5 Å². The quantitative estimate of drug-likeness (QED) is 0.703. The van der Waals surface area contributed by atoms with Gasteiger partial charge in [0.05, 0.1) is 0 Å². The van der Waals surface area contributed by atoms with Crippen molar-refractivity contribution in [3.05, 3.63) is 23.8 Å². The molecule has 1 aliphatic heterocycles. The normalized spacial score (nSPS) is 18.4. The molecular weight excluding hydrogens is 191 g/mol. The molecule has 76 valence electrons. The first-order chi connectivity index (χ1) is 6.77. The summed E-state index contributed by atoms with van der Waals surface area (Å²) >= 11 is 0. The number of rotatable bonds is 1. The van der Waals surface area contributed by atoms with Crippen molar-refractivity contribution in [3.63, 3.8) is 0 Å². The van der Waals surface area contributed by atoms with Gasteiger partial charge >= 0.3 is 0 Å². The highest BCUT2D eigenvalue weighted by atomic mass is 31.1. The molecule has 2 rings (SSSR count). The Balaban J connectivity index is 2.22. The molecule has 1 fully saturated rings. The van der Waals surface area contributed by atoms with E-state index >= 15 is 0 Å². The summed E-state index contributed by atoms with van der Waals surface area (Å²) in [6.45, 7) is 2.12. The molecule has 1 aromatic rings. The van der Waals surface area contributed by atoms with Crippen molar-refractivity contribution in [2.24, 2.45) is 0 Å². The summed E-state index contributed by atoms with van der Waals surface area (Å²) in [5.74, 6) is 0.401. The Bertz CT molecular complexity index is 316. The molecule has 1 N–H and O–H groups in total. The van der Waals surface area contributed by atoms with Gasteiger partial charge in [0, 0.05) is 0 Å². The summed E-state index contributed by atoms with van der Waals surface area (Å²) < 4.78 is 0. The second-order valence-corrected chi connectivity index (χ2v) is 6.47. The molecule has 0 atom stereocenters. The summed E-state index contributed by atoms with van der Waals surface area (Å²) in [4.78, 5) is 0. The summed E-state index contributed by atoms with van der Waals surface area (Å²) in [6, 6.07) is 5.85. The standard InChI is InChI=1S/C12H17OP/c1-10-9-11(13)5-6-12(10)14-7-3-2-4-8-14/h5-6,9,13H,2-4,7-8H2,1H3. The third kappa shape index (κ3) is 2.09. The number of phenolic OH excluding ortho intramolecular Hbond substituents is 1. The molecular formula is C12H17OP. The van der Waals surface area contributed by atoms with E-state index in [0.29, 0.717) is 5.75 Å². The number of aryl methyl sites for hydroxylation is 1. The molecule has 1 heterocycles. The van der Waals surface area contributed by atoms with Crippen molar-refractivity contribution in [1.82, 2.24) is 0 Å². The van der Waals surface area contributed by atoms with E-state index in [1.54, 1.807) is 0 Å². The van der Waals surface area contributed by atoms with Crippen molar-refractivity contribution in [2.75, 3.05) is 12.3 Å². The highest BCUT2D eigenvalue weighted by Crippen LogP contribution is 2.41. The second-order valence-electron chi connectivity index (χ2n) is 4.02. The van der Waals surface area contributed by atoms with Gasteiger partial charge in [-0.25, -0.2) is 0 Å². The van der Waals surface area contributed by atoms with Crippen LogP contribution in [0, 0.1) is 6.92 Å². The molecule has 1 nitrogen and oxygen atoms in total. The van der Waals surface area contributed by atoms with Gasteiger partial charge in [-0.2, -0.15) is 0 Å². The van der Waals surface area contributed by atoms with E-state index in [-0.39, 0.29) is 7.92 Å². The van der Waals surface area contributed by atoms with Crippen LogP contribution in [0.4, 0.5) is 0 Å². The molecule has 0 spiro atoms. The maximum atomic E-state index is 9.34. The van der Waals surface area contributed by atoms with Crippen LogP contribution in [-0.2, 0) is 0 Å². The largest absolute Gasteiger partial charge is 0.508 e. The predicted octanol–water partition coefficient (Wildman–Crippen LogP) is 2.99. The van der Waals surface area contributed by atoms with Crippen molar-refractivity contribution in [1.29, 1.82) is 0 Å². The maximum absolute atomic E-state index is 9.34. The first-order valence-electron chi connectivity index (χ1n) is 5.32. The molecule has 1 aliphatic rings. The van der Waals surface area contributed by atoms with Gasteiger partial charge < -0.3 is 5.11 Å². The van der Waals surface area contributed by atoms with Crippen LogP contribution >= 0.6 is 7.92 Å². The minimum Gasteiger partial charge on any atom is -0.508 e. The Morgan fingerprint density at radius 2 is 1.86 bits per heavy atom. The summed E-state index contributed by atoms with van der Waals surface area (Å²) in [5, 5.41) is 10.9. The van der Waals surface area contributed by atoms with Crippen LogP contribution < -0.4 is 5.30 Å². The topological polar surface area (TPSA) is 20.2 Å². The number of phenols is 1. The van der Waals surface area contributed by atoms with Gasteiger partial charge in [0.1, 0.15) is 5.75 Å². The highest BCUT2D eigenvalue weighted by Gasteiger charge is 2.16. The Labute approximate surface area is 86.9 Å². The number of aromatic hydroxyl groups is 1. The Morgan fingerprint density at radius 1 is 1.14 bits per heavy atom. The predicted molar refractivity (Wildman–Crippen MR) is 63.0 cm³/mol. The lowest BCUT2D eigenvalue weighted by Gasteiger charge is -2.24. The molecule has 2 heteroatoms. The summed E-state index contributed by atoms with van der Waals surface area (Å²) in [5.41, 5.74) is 1.28. The van der Waals surface area contributed by atoms with Crippen LogP contribution in [-0.4, -0.2) is 17.4 Å². The Morgan fingerprint density at radius 3 is 2.50 bits per heavy atom. The molecule has 14 heavy (non-hydrogen) atoms. The van der Waals surface area contributed by atoms with Gasteiger partial charge in [-0.1, -0.05) is 20.4 Å². The molecule has 1 aromatic carbocycles. The zero-order valence-corrected chi connectivity index (χ0v) is 9.56. The lowest BCUT2D eigenvalue weighted by Crippen LogP contribution is -2.12.